The van der Waals surface area contributed by atoms with Gasteiger partial charge >= 0.3 is 6.03 Å². The smallest absolute Gasteiger partial charge is 0.322 e. The minimum Gasteiger partial charge on any atom is -0.504 e. The first-order chi connectivity index (χ1) is 16.9. The number of benzene rings is 2. The number of aromatic hydroxyl groups is 1. The normalized spacial score (nSPS) is 15.9. The summed E-state index contributed by atoms with van der Waals surface area (Å²) in [6, 6.07) is 16.1. The minimum atomic E-state index is -0.606. The lowest BCUT2D eigenvalue weighted by Gasteiger charge is -2.35. The van der Waals surface area contributed by atoms with Gasteiger partial charge in [-0.25, -0.2) is 4.79 Å². The van der Waals surface area contributed by atoms with Crippen molar-refractivity contribution in [2.75, 3.05) is 7.11 Å². The molecule has 9 heteroatoms. The van der Waals surface area contributed by atoms with Gasteiger partial charge in [0.15, 0.2) is 11.5 Å². The predicted octanol–water partition coefficient (Wildman–Crippen LogP) is 5.52. The number of ether oxygens (including phenoxy) is 1. The number of hydrogen-bond acceptors (Lipinski definition) is 7. The molecule has 0 saturated heterocycles. The first-order valence-electron chi connectivity index (χ1n) is 11.0. The van der Waals surface area contributed by atoms with Crippen molar-refractivity contribution in [1.29, 1.82) is 0 Å². The van der Waals surface area contributed by atoms with E-state index in [0.717, 1.165) is 16.0 Å². The lowest BCUT2D eigenvalue weighted by Crippen LogP contribution is -2.45. The van der Waals surface area contributed by atoms with Crippen LogP contribution in [0.15, 0.2) is 70.2 Å². The van der Waals surface area contributed by atoms with Crippen molar-refractivity contribution in [3.63, 3.8) is 0 Å². The fraction of sp³-hybridized carbons (Fsp3) is 0.192. The predicted molar refractivity (Wildman–Crippen MR) is 133 cm³/mol. The van der Waals surface area contributed by atoms with Gasteiger partial charge in [-0.1, -0.05) is 47.1 Å². The van der Waals surface area contributed by atoms with Gasteiger partial charge in [-0.3, -0.25) is 4.90 Å². The number of nitrogens with zero attached hydrogens (tertiary/aromatic N) is 3. The number of nitrogens with one attached hydrogen (secondary N) is 1. The molecule has 0 aliphatic carbocycles. The summed E-state index contributed by atoms with van der Waals surface area (Å²) in [6.07, 6.45) is 0. The van der Waals surface area contributed by atoms with E-state index >= 15 is 0 Å². The van der Waals surface area contributed by atoms with Gasteiger partial charge in [0.05, 0.1) is 30.1 Å². The molecule has 2 N–H and O–H groups in total. The zero-order valence-corrected chi connectivity index (χ0v) is 20.3. The molecule has 0 fully saturated rings. The van der Waals surface area contributed by atoms with Gasteiger partial charge in [-0.15, -0.1) is 11.3 Å². The van der Waals surface area contributed by atoms with Gasteiger partial charge < -0.3 is 19.7 Å². The first-order valence-corrected chi connectivity index (χ1v) is 11.9. The average molecular weight is 489 g/mol. The van der Waals surface area contributed by atoms with E-state index in [1.807, 2.05) is 55.6 Å². The van der Waals surface area contributed by atoms with Crippen molar-refractivity contribution in [2.45, 2.75) is 26.4 Å². The van der Waals surface area contributed by atoms with Crippen molar-refractivity contribution < 1.29 is 19.2 Å². The number of carbonyl (C=O) groups is 1. The number of aryl methyl sites for hydroxylation is 1. The monoisotopic (exact) mass is 488 g/mol. The lowest BCUT2D eigenvalue weighted by atomic mass is 9.94. The molecule has 2 aromatic carbocycles. The number of carbonyl (C=O) groups excluding carboxylic acids is 1. The van der Waals surface area contributed by atoms with Crippen LogP contribution in [0.3, 0.4) is 0 Å². The van der Waals surface area contributed by atoms with Gasteiger partial charge in [-0.05, 0) is 48.6 Å². The highest BCUT2D eigenvalue weighted by atomic mass is 32.1. The molecule has 0 bridgehead atoms. The maximum Gasteiger partial charge on any atom is 0.322 e. The number of hydrogen-bond donors (Lipinski definition) is 2. The van der Waals surface area contributed by atoms with Crippen molar-refractivity contribution in [3.05, 3.63) is 88.3 Å². The summed E-state index contributed by atoms with van der Waals surface area (Å²) in [7, 11) is 1.49. The Kier molecular flexibility index (Phi) is 6.00. The molecular formula is C26H24N4O4S. The van der Waals surface area contributed by atoms with E-state index in [1.165, 1.54) is 18.4 Å². The minimum absolute atomic E-state index is 0.0249. The molecule has 178 valence electrons. The molecule has 0 spiro atoms. The summed E-state index contributed by atoms with van der Waals surface area (Å²) in [6.45, 7) is 4.28. The molecule has 4 aromatic rings. The highest BCUT2D eigenvalue weighted by Crippen LogP contribution is 2.40. The number of phenols is 1. The summed E-state index contributed by atoms with van der Waals surface area (Å²) in [5.74, 6) is 1.11. The van der Waals surface area contributed by atoms with Gasteiger partial charge in [0.25, 0.3) is 5.89 Å². The Labute approximate surface area is 206 Å². The molecule has 2 amide bonds. The second-order valence-electron chi connectivity index (χ2n) is 8.29. The highest BCUT2D eigenvalue weighted by Gasteiger charge is 2.36. The molecule has 1 aliphatic rings. The van der Waals surface area contributed by atoms with Crippen LogP contribution in [0.2, 0.25) is 0 Å². The molecule has 0 saturated carbocycles. The Bertz CT molecular complexity index is 1390. The first kappa shape index (κ1) is 22.7. The molecule has 5 rings (SSSR count). The second-order valence-corrected chi connectivity index (χ2v) is 9.23. The van der Waals surface area contributed by atoms with E-state index in [-0.39, 0.29) is 11.8 Å². The van der Waals surface area contributed by atoms with Crippen molar-refractivity contribution in [2.24, 2.45) is 0 Å². The van der Waals surface area contributed by atoms with Crippen molar-refractivity contribution in [3.8, 4) is 22.2 Å². The van der Waals surface area contributed by atoms with E-state index in [4.69, 9.17) is 9.26 Å². The molecule has 2 aromatic heterocycles. The molecule has 1 aliphatic heterocycles. The summed E-state index contributed by atoms with van der Waals surface area (Å²) < 4.78 is 10.9. The Hall–Kier alpha value is -4.11. The van der Waals surface area contributed by atoms with Crippen LogP contribution < -0.4 is 10.1 Å². The highest BCUT2D eigenvalue weighted by molar-refractivity contribution is 7.13. The Morgan fingerprint density at radius 1 is 1.17 bits per heavy atom. The topological polar surface area (TPSA) is 101 Å². The quantitative estimate of drug-likeness (QED) is 0.371. The van der Waals surface area contributed by atoms with Gasteiger partial charge in [0.2, 0.25) is 5.82 Å². The Morgan fingerprint density at radius 3 is 2.66 bits per heavy atom. The van der Waals surface area contributed by atoms with E-state index in [9.17, 15) is 9.90 Å². The number of rotatable bonds is 6. The van der Waals surface area contributed by atoms with E-state index in [1.54, 1.807) is 23.1 Å². The van der Waals surface area contributed by atoms with E-state index in [0.29, 0.717) is 40.8 Å². The zero-order chi connectivity index (χ0) is 24.5. The van der Waals surface area contributed by atoms with E-state index < -0.39 is 6.04 Å². The number of amides is 2. The van der Waals surface area contributed by atoms with Crippen molar-refractivity contribution >= 4 is 22.9 Å². The zero-order valence-electron chi connectivity index (χ0n) is 19.5. The Balaban J connectivity index is 1.60. The van der Waals surface area contributed by atoms with Crippen LogP contribution in [-0.4, -0.2) is 33.3 Å². The van der Waals surface area contributed by atoms with Crippen LogP contribution in [0, 0.1) is 6.92 Å². The third kappa shape index (κ3) is 4.38. The third-order valence-electron chi connectivity index (χ3n) is 5.99. The average Bonchev–Trinajstić information content (AvgIpc) is 3.55. The maximum absolute atomic E-state index is 13.3. The van der Waals surface area contributed by atoms with Gasteiger partial charge in [-0.2, -0.15) is 4.98 Å². The molecule has 1 atom stereocenters. The molecule has 0 radical (unpaired) electrons. The summed E-state index contributed by atoms with van der Waals surface area (Å²) >= 11 is 1.52. The second kappa shape index (κ2) is 9.27. The lowest BCUT2D eigenvalue weighted by molar-refractivity contribution is 0.203. The summed E-state index contributed by atoms with van der Waals surface area (Å²) in [5, 5.41) is 19.6. The van der Waals surface area contributed by atoms with Crippen LogP contribution in [0.5, 0.6) is 11.5 Å². The number of urea groups is 1. The van der Waals surface area contributed by atoms with Crippen LogP contribution >= 0.6 is 11.3 Å². The molecule has 3 heterocycles. The van der Waals surface area contributed by atoms with Gasteiger partial charge in [0.1, 0.15) is 0 Å². The van der Waals surface area contributed by atoms with Crippen molar-refractivity contribution in [1.82, 2.24) is 20.4 Å². The molecular weight excluding hydrogens is 464 g/mol. The SMILES string of the molecule is COc1ccc(C2NC(=O)N(Cc3ccc(C)cc3)C(C)=C2c2nc(-c3cccs3)no2)cc1O. The standard InChI is InChI=1S/C26H24N4O4S/c1-15-6-8-17(9-7-15)14-30-16(2)22(25-28-24(29-34-25)21-5-4-12-35-21)23(27-26(30)32)18-10-11-20(33-3)19(31)13-18/h4-13,23,31H,14H2,1-3H3,(H,27,32). The Morgan fingerprint density at radius 2 is 1.97 bits per heavy atom. The molecule has 8 nitrogen and oxygen atoms in total. The number of phenolic OH excluding ortho intramolecular Hbond substituents is 1. The number of methoxy groups -OCH3 is 1. The van der Waals surface area contributed by atoms with Crippen LogP contribution in [0.1, 0.15) is 35.5 Å². The number of aromatic nitrogens is 2. The summed E-state index contributed by atoms with van der Waals surface area (Å²) in [4.78, 5) is 20.5. The largest absolute Gasteiger partial charge is 0.504 e. The van der Waals surface area contributed by atoms with Crippen LogP contribution in [0.4, 0.5) is 4.79 Å². The summed E-state index contributed by atoms with van der Waals surface area (Å²) in [5.41, 5.74) is 4.16. The van der Waals surface area contributed by atoms with Crippen LogP contribution in [-0.2, 0) is 6.54 Å². The van der Waals surface area contributed by atoms with Gasteiger partial charge in [0, 0.05) is 5.70 Å². The van der Waals surface area contributed by atoms with E-state index in [2.05, 4.69) is 15.5 Å². The molecule has 1 unspecified atom stereocenters. The third-order valence-corrected chi connectivity index (χ3v) is 6.86. The fourth-order valence-corrected chi connectivity index (χ4v) is 4.75. The molecule has 35 heavy (non-hydrogen) atoms. The number of thiophene rings is 1. The fourth-order valence-electron chi connectivity index (χ4n) is 4.10. The number of allylic oxidation sites excluding steroid dienone is 1. The van der Waals surface area contributed by atoms with Crippen LogP contribution in [0.25, 0.3) is 16.3 Å². The maximum atomic E-state index is 13.3.